The number of hydrogen-bond donors (Lipinski definition) is 0. The Morgan fingerprint density at radius 2 is 1.93 bits per heavy atom. The van der Waals surface area contributed by atoms with Gasteiger partial charge >= 0.3 is 0 Å². The van der Waals surface area contributed by atoms with Gasteiger partial charge in [-0.15, -0.1) is 11.6 Å². The number of methoxy groups -OCH3 is 1. The molecule has 1 aromatic heterocycles. The van der Waals surface area contributed by atoms with Gasteiger partial charge in [0, 0.05) is 18.9 Å². The first kappa shape index (κ1) is 22.4. The predicted molar refractivity (Wildman–Crippen MR) is 117 cm³/mol. The largest absolute Gasteiger partial charge is 0.469 e. The molecular weight excluding hydrogens is 387 g/mol. The van der Waals surface area contributed by atoms with Crippen LogP contribution in [0, 0.1) is 11.8 Å². The van der Waals surface area contributed by atoms with Crippen molar-refractivity contribution < 1.29 is 13.5 Å². The third-order valence-electron chi connectivity index (χ3n) is 6.42. The summed E-state index contributed by atoms with van der Waals surface area (Å²) < 4.78 is 25.6. The summed E-state index contributed by atoms with van der Waals surface area (Å²) in [5.41, 5.74) is 2.52. The first-order valence-corrected chi connectivity index (χ1v) is 11.5. The highest BCUT2D eigenvalue weighted by molar-refractivity contribution is 6.21. The van der Waals surface area contributed by atoms with E-state index in [2.05, 4.69) is 31.2 Å². The summed E-state index contributed by atoms with van der Waals surface area (Å²) in [6.45, 7) is 2.17. The van der Waals surface area contributed by atoms with Gasteiger partial charge in [0.25, 0.3) is 0 Å². The normalized spacial score (nSPS) is 25.4. The Bertz CT molecular complexity index is 700. The van der Waals surface area contributed by atoms with E-state index in [0.29, 0.717) is 6.42 Å². The topological polar surface area (TPSA) is 22.4 Å². The molecule has 160 valence electrons. The summed E-state index contributed by atoms with van der Waals surface area (Å²) in [4.78, 5) is 0. The SMILES string of the molecule is CCCC(OC)c1ccc(CC[C@H]2C(Cl)CC(F)[C@@H]2CCCc2ccco2)cc1. The minimum Gasteiger partial charge on any atom is -0.469 e. The van der Waals surface area contributed by atoms with E-state index in [4.69, 9.17) is 20.8 Å². The Labute approximate surface area is 179 Å². The summed E-state index contributed by atoms with van der Waals surface area (Å²) in [6.07, 6.45) is 8.29. The zero-order chi connectivity index (χ0) is 20.6. The molecule has 3 unspecified atom stereocenters. The molecule has 0 spiro atoms. The molecule has 1 aromatic carbocycles. The van der Waals surface area contributed by atoms with Gasteiger partial charge in [-0.1, -0.05) is 37.6 Å². The summed E-state index contributed by atoms with van der Waals surface area (Å²) in [7, 11) is 1.77. The summed E-state index contributed by atoms with van der Waals surface area (Å²) in [5.74, 6) is 1.29. The van der Waals surface area contributed by atoms with E-state index in [1.165, 1.54) is 11.1 Å². The van der Waals surface area contributed by atoms with Crippen LogP contribution >= 0.6 is 11.6 Å². The molecule has 0 N–H and O–H groups in total. The van der Waals surface area contributed by atoms with Crippen LogP contribution in [0.15, 0.2) is 47.1 Å². The van der Waals surface area contributed by atoms with Gasteiger partial charge in [0.15, 0.2) is 0 Å². The minimum atomic E-state index is -0.780. The zero-order valence-corrected chi connectivity index (χ0v) is 18.4. The van der Waals surface area contributed by atoms with E-state index < -0.39 is 6.17 Å². The van der Waals surface area contributed by atoms with Crippen LogP contribution in [0.3, 0.4) is 0 Å². The van der Waals surface area contributed by atoms with Crippen LogP contribution in [-0.2, 0) is 17.6 Å². The fourth-order valence-electron chi connectivity index (χ4n) is 4.77. The van der Waals surface area contributed by atoms with Crippen LogP contribution in [0.25, 0.3) is 0 Å². The smallest absolute Gasteiger partial charge is 0.105 e. The molecule has 0 radical (unpaired) electrons. The van der Waals surface area contributed by atoms with Gasteiger partial charge in [-0.2, -0.15) is 0 Å². The molecule has 5 atom stereocenters. The van der Waals surface area contributed by atoms with Crippen LogP contribution in [-0.4, -0.2) is 18.7 Å². The van der Waals surface area contributed by atoms with E-state index in [1.807, 2.05) is 12.1 Å². The molecule has 29 heavy (non-hydrogen) atoms. The third-order valence-corrected chi connectivity index (χ3v) is 6.93. The van der Waals surface area contributed by atoms with Crippen molar-refractivity contribution in [3.8, 4) is 0 Å². The Balaban J connectivity index is 1.53. The highest BCUT2D eigenvalue weighted by Crippen LogP contribution is 2.43. The summed E-state index contributed by atoms with van der Waals surface area (Å²) in [6, 6.07) is 12.6. The lowest BCUT2D eigenvalue weighted by atomic mass is 9.85. The van der Waals surface area contributed by atoms with E-state index >= 15 is 0 Å². The van der Waals surface area contributed by atoms with E-state index in [-0.39, 0.29) is 23.3 Å². The molecule has 1 saturated carbocycles. The third kappa shape index (κ3) is 6.08. The Hall–Kier alpha value is -1.32. The highest BCUT2D eigenvalue weighted by atomic mass is 35.5. The van der Waals surface area contributed by atoms with E-state index in [1.54, 1.807) is 13.4 Å². The van der Waals surface area contributed by atoms with Gasteiger partial charge in [-0.25, -0.2) is 4.39 Å². The van der Waals surface area contributed by atoms with Crippen molar-refractivity contribution in [1.82, 2.24) is 0 Å². The van der Waals surface area contributed by atoms with Gasteiger partial charge in [0.2, 0.25) is 0 Å². The number of ether oxygens (including phenoxy) is 1. The maximum Gasteiger partial charge on any atom is 0.105 e. The van der Waals surface area contributed by atoms with Gasteiger partial charge in [0.1, 0.15) is 11.9 Å². The van der Waals surface area contributed by atoms with Gasteiger partial charge in [0.05, 0.1) is 12.4 Å². The Morgan fingerprint density at radius 1 is 1.14 bits per heavy atom. The second kappa shape index (κ2) is 11.2. The lowest BCUT2D eigenvalue weighted by Crippen LogP contribution is -2.20. The van der Waals surface area contributed by atoms with E-state index in [0.717, 1.165) is 50.7 Å². The Morgan fingerprint density at radius 3 is 2.59 bits per heavy atom. The standard InChI is InChI=1S/C25H34ClFO2/c1-3-6-25(28-2)19-13-10-18(11-14-19)12-15-21-22(24(27)17-23(21)26)9-4-7-20-8-5-16-29-20/h5,8,10-11,13-14,16,21-25H,3-4,6-7,9,12,15,17H2,1-2H3/t21-,22-,23?,24?,25?/m1/s1. The number of furan rings is 1. The first-order valence-electron chi connectivity index (χ1n) is 11.0. The molecule has 1 aliphatic rings. The second-order valence-corrected chi connectivity index (χ2v) is 8.92. The van der Waals surface area contributed by atoms with Crippen molar-refractivity contribution in [2.24, 2.45) is 11.8 Å². The quantitative estimate of drug-likeness (QED) is 0.355. The molecule has 2 nitrogen and oxygen atoms in total. The number of halogens is 2. The molecule has 0 saturated heterocycles. The molecule has 2 aromatic rings. The molecule has 0 aliphatic heterocycles. The van der Waals surface area contributed by atoms with Crippen LogP contribution < -0.4 is 0 Å². The molecule has 1 fully saturated rings. The second-order valence-electron chi connectivity index (χ2n) is 8.36. The van der Waals surface area contributed by atoms with Gasteiger partial charge in [-0.3, -0.25) is 0 Å². The van der Waals surface area contributed by atoms with Crippen molar-refractivity contribution in [3.05, 3.63) is 59.5 Å². The number of alkyl halides is 2. The summed E-state index contributed by atoms with van der Waals surface area (Å²) >= 11 is 6.56. The molecular formula is C25H34ClFO2. The summed E-state index contributed by atoms with van der Waals surface area (Å²) in [5, 5.41) is -0.0553. The van der Waals surface area contributed by atoms with Crippen molar-refractivity contribution in [2.75, 3.05) is 7.11 Å². The maximum absolute atomic E-state index is 14.6. The molecule has 4 heteroatoms. The monoisotopic (exact) mass is 420 g/mol. The molecule has 0 amide bonds. The number of benzene rings is 1. The van der Waals surface area contributed by atoms with Crippen molar-refractivity contribution in [3.63, 3.8) is 0 Å². The van der Waals surface area contributed by atoms with Gasteiger partial charge in [-0.05, 0) is 73.6 Å². The lowest BCUT2D eigenvalue weighted by molar-refractivity contribution is 0.0950. The zero-order valence-electron chi connectivity index (χ0n) is 17.7. The first-order chi connectivity index (χ1) is 14.1. The number of rotatable bonds is 11. The molecule has 1 aliphatic carbocycles. The van der Waals surface area contributed by atoms with Crippen LogP contribution in [0.1, 0.15) is 68.4 Å². The van der Waals surface area contributed by atoms with Crippen LogP contribution in [0.2, 0.25) is 0 Å². The molecule has 0 bridgehead atoms. The Kier molecular flexibility index (Phi) is 8.62. The van der Waals surface area contributed by atoms with Crippen LogP contribution in [0.4, 0.5) is 4.39 Å². The van der Waals surface area contributed by atoms with Crippen LogP contribution in [0.5, 0.6) is 0 Å². The van der Waals surface area contributed by atoms with Crippen molar-refractivity contribution in [2.45, 2.75) is 75.9 Å². The average molecular weight is 421 g/mol. The highest BCUT2D eigenvalue weighted by Gasteiger charge is 2.41. The number of aryl methyl sites for hydroxylation is 2. The average Bonchev–Trinajstić information content (AvgIpc) is 3.33. The molecule has 1 heterocycles. The maximum atomic E-state index is 14.6. The lowest BCUT2D eigenvalue weighted by Gasteiger charge is -2.23. The van der Waals surface area contributed by atoms with Gasteiger partial charge < -0.3 is 9.15 Å². The fraction of sp³-hybridized carbons (Fsp3) is 0.600. The van der Waals surface area contributed by atoms with E-state index in [9.17, 15) is 4.39 Å². The van der Waals surface area contributed by atoms with Crippen molar-refractivity contribution >= 4 is 11.6 Å². The predicted octanol–water partition coefficient (Wildman–Crippen LogP) is 7.30. The molecule has 3 rings (SSSR count). The minimum absolute atomic E-state index is 0.0553. The number of hydrogen-bond acceptors (Lipinski definition) is 2. The fourth-order valence-corrected chi connectivity index (χ4v) is 5.26. The van der Waals surface area contributed by atoms with Crippen molar-refractivity contribution in [1.29, 1.82) is 0 Å².